The molecule has 1 aromatic carbocycles. The molecule has 0 amide bonds. The van der Waals surface area contributed by atoms with Crippen LogP contribution in [0.4, 0.5) is 39.5 Å². The molecule has 3 aromatic heterocycles. The molecule has 4 aromatic rings. The topological polar surface area (TPSA) is 17.8 Å². The molecule has 5 rings (SSSR count). The van der Waals surface area contributed by atoms with Gasteiger partial charge in [0.2, 0.25) is 0 Å². The van der Waals surface area contributed by atoms with Crippen LogP contribution in [-0.4, -0.2) is 27.3 Å². The van der Waals surface area contributed by atoms with Crippen LogP contribution >= 0.6 is 11.3 Å². The average molecular weight is 560 g/mol. The van der Waals surface area contributed by atoms with E-state index < -0.39 is 51.8 Å². The predicted molar refractivity (Wildman–Crippen MR) is 127 cm³/mol. The SMILES string of the molecule is Cc1sc(-c2ccc(C(F)(F)F)cc2)cc1C1=C(c2c(C)n(C)c3ncccc23)C(F)(F)C(F)(F)C1(F)F. The van der Waals surface area contributed by atoms with Crippen LogP contribution in [0.3, 0.4) is 0 Å². The third-order valence-electron chi connectivity index (χ3n) is 6.84. The first-order valence-corrected chi connectivity index (χ1v) is 11.9. The molecule has 38 heavy (non-hydrogen) atoms. The van der Waals surface area contributed by atoms with Gasteiger partial charge in [-0.05, 0) is 55.3 Å². The third-order valence-corrected chi connectivity index (χ3v) is 7.94. The number of alkyl halides is 9. The summed E-state index contributed by atoms with van der Waals surface area (Å²) in [4.78, 5) is 4.26. The second-order valence-electron chi connectivity index (χ2n) is 9.02. The van der Waals surface area contributed by atoms with Gasteiger partial charge in [-0.1, -0.05) is 12.1 Å². The van der Waals surface area contributed by atoms with Crippen LogP contribution in [0.5, 0.6) is 0 Å². The van der Waals surface area contributed by atoms with Gasteiger partial charge in [-0.2, -0.15) is 39.5 Å². The van der Waals surface area contributed by atoms with Gasteiger partial charge in [-0.3, -0.25) is 0 Å². The minimum absolute atomic E-state index is 0.00372. The minimum atomic E-state index is -5.75. The van der Waals surface area contributed by atoms with Gasteiger partial charge in [0.25, 0.3) is 0 Å². The zero-order chi connectivity index (χ0) is 28.0. The number of hydrogen-bond donors (Lipinski definition) is 0. The lowest BCUT2D eigenvalue weighted by Crippen LogP contribution is -2.48. The quantitative estimate of drug-likeness (QED) is 0.229. The van der Waals surface area contributed by atoms with Crippen LogP contribution in [0.1, 0.15) is 27.3 Å². The van der Waals surface area contributed by atoms with Crippen LogP contribution < -0.4 is 0 Å². The molecule has 1 aliphatic rings. The number of nitrogens with zero attached hydrogens (tertiary/aromatic N) is 2. The number of thiophene rings is 1. The van der Waals surface area contributed by atoms with Crippen molar-refractivity contribution in [2.45, 2.75) is 37.8 Å². The molecule has 0 radical (unpaired) electrons. The van der Waals surface area contributed by atoms with Crippen molar-refractivity contribution < 1.29 is 39.5 Å². The summed E-state index contributed by atoms with van der Waals surface area (Å²) in [5.41, 5.74) is -4.58. The van der Waals surface area contributed by atoms with E-state index in [0.29, 0.717) is 0 Å². The molecule has 12 heteroatoms. The largest absolute Gasteiger partial charge is 0.416 e. The van der Waals surface area contributed by atoms with Crippen molar-refractivity contribution in [1.82, 2.24) is 9.55 Å². The van der Waals surface area contributed by atoms with Crippen molar-refractivity contribution in [3.8, 4) is 10.4 Å². The molecule has 0 saturated heterocycles. The van der Waals surface area contributed by atoms with E-state index in [0.717, 1.165) is 41.7 Å². The Morgan fingerprint density at radius 1 is 0.868 bits per heavy atom. The summed E-state index contributed by atoms with van der Waals surface area (Å²) in [6.07, 6.45) is -3.25. The number of allylic oxidation sites excluding steroid dienone is 2. The maximum absolute atomic E-state index is 15.4. The Morgan fingerprint density at radius 3 is 2.08 bits per heavy atom. The number of pyridine rings is 1. The fourth-order valence-corrected chi connectivity index (χ4v) is 5.83. The molecule has 0 spiro atoms. The Labute approximate surface area is 214 Å². The van der Waals surface area contributed by atoms with E-state index in [1.165, 1.54) is 43.8 Å². The van der Waals surface area contributed by atoms with E-state index >= 15 is 17.6 Å². The molecule has 2 nitrogen and oxygen atoms in total. The van der Waals surface area contributed by atoms with Gasteiger partial charge in [0, 0.05) is 50.8 Å². The highest BCUT2D eigenvalue weighted by molar-refractivity contribution is 7.15. The molecule has 0 bridgehead atoms. The monoisotopic (exact) mass is 560 g/mol. The second kappa shape index (κ2) is 8.11. The third kappa shape index (κ3) is 3.45. The van der Waals surface area contributed by atoms with Crippen molar-refractivity contribution in [1.29, 1.82) is 0 Å². The summed E-state index contributed by atoms with van der Waals surface area (Å²) in [5.74, 6) is -16.3. The summed E-state index contributed by atoms with van der Waals surface area (Å²) in [6, 6.07) is 7.54. The Morgan fingerprint density at radius 2 is 1.47 bits per heavy atom. The van der Waals surface area contributed by atoms with Crippen LogP contribution in [0, 0.1) is 13.8 Å². The highest BCUT2D eigenvalue weighted by atomic mass is 32.1. The van der Waals surface area contributed by atoms with Crippen LogP contribution in [-0.2, 0) is 13.2 Å². The van der Waals surface area contributed by atoms with E-state index in [4.69, 9.17) is 0 Å². The van der Waals surface area contributed by atoms with Crippen molar-refractivity contribution >= 4 is 33.5 Å². The fraction of sp³-hybridized carbons (Fsp3) is 0.269. The lowest BCUT2D eigenvalue weighted by Gasteiger charge is -2.25. The van der Waals surface area contributed by atoms with E-state index in [2.05, 4.69) is 4.98 Å². The Kier molecular flexibility index (Phi) is 5.62. The van der Waals surface area contributed by atoms with Gasteiger partial charge < -0.3 is 4.57 Å². The van der Waals surface area contributed by atoms with E-state index in [1.807, 2.05) is 0 Å². The first-order chi connectivity index (χ1) is 17.5. The summed E-state index contributed by atoms with van der Waals surface area (Å²) >= 11 is 0.823. The number of benzene rings is 1. The summed E-state index contributed by atoms with van der Waals surface area (Å²) < 4.78 is 132. The molecule has 0 N–H and O–H groups in total. The van der Waals surface area contributed by atoms with E-state index in [1.54, 1.807) is 0 Å². The molecule has 1 aliphatic carbocycles. The normalized spacial score (nSPS) is 18.5. The molecule has 0 fully saturated rings. The lowest BCUT2D eigenvalue weighted by molar-refractivity contribution is -0.254. The first kappa shape index (κ1) is 26.3. The van der Waals surface area contributed by atoms with Gasteiger partial charge >= 0.3 is 23.9 Å². The molecule has 0 saturated carbocycles. The molecule has 200 valence electrons. The van der Waals surface area contributed by atoms with Crippen molar-refractivity contribution in [3.63, 3.8) is 0 Å². The Balaban J connectivity index is 1.80. The molecular weight excluding hydrogens is 543 g/mol. The fourth-order valence-electron chi connectivity index (χ4n) is 4.80. The number of hydrogen-bond acceptors (Lipinski definition) is 2. The molecule has 0 atom stereocenters. The molecule has 0 unspecified atom stereocenters. The van der Waals surface area contributed by atoms with E-state index in [-0.39, 0.29) is 32.0 Å². The lowest BCUT2D eigenvalue weighted by atomic mass is 9.93. The summed E-state index contributed by atoms with van der Waals surface area (Å²) in [5, 5.41) is 0.00372. The number of rotatable bonds is 3. The summed E-state index contributed by atoms with van der Waals surface area (Å²) in [6.45, 7) is 2.65. The van der Waals surface area contributed by atoms with Crippen molar-refractivity contribution in [2.24, 2.45) is 7.05 Å². The highest BCUT2D eigenvalue weighted by Gasteiger charge is 2.80. The van der Waals surface area contributed by atoms with Crippen LogP contribution in [0.2, 0.25) is 0 Å². The Hall–Kier alpha value is -3.28. The van der Waals surface area contributed by atoms with Gasteiger partial charge in [-0.25, -0.2) is 4.98 Å². The zero-order valence-electron chi connectivity index (χ0n) is 19.8. The highest BCUT2D eigenvalue weighted by Crippen LogP contribution is 2.66. The smallest absolute Gasteiger partial charge is 0.332 e. The van der Waals surface area contributed by atoms with Gasteiger partial charge in [0.15, 0.2) is 0 Å². The maximum atomic E-state index is 15.4. The summed E-state index contributed by atoms with van der Waals surface area (Å²) in [7, 11) is 1.45. The molecule has 3 heterocycles. The predicted octanol–water partition coefficient (Wildman–Crippen LogP) is 8.77. The number of aromatic nitrogens is 2. The number of aryl methyl sites for hydroxylation is 2. The van der Waals surface area contributed by atoms with Gasteiger partial charge in [0.1, 0.15) is 5.65 Å². The zero-order valence-corrected chi connectivity index (χ0v) is 20.6. The van der Waals surface area contributed by atoms with Crippen LogP contribution in [0.25, 0.3) is 32.6 Å². The molecular formula is C26H17F9N2S. The molecule has 0 aliphatic heterocycles. The van der Waals surface area contributed by atoms with Gasteiger partial charge in [0.05, 0.1) is 5.56 Å². The first-order valence-electron chi connectivity index (χ1n) is 11.1. The standard InChI is InChI=1S/C26H17F9N2S/c1-12-19(16-5-4-10-36-22(16)37(12)3)21-20(23(27,28)26(34,35)24(21,29)30)17-11-18(38-13(17)2)14-6-8-15(9-7-14)25(31,32)33/h4-11H,1-3H3. The van der Waals surface area contributed by atoms with Gasteiger partial charge in [-0.15, -0.1) is 11.3 Å². The van der Waals surface area contributed by atoms with Crippen LogP contribution in [0.15, 0.2) is 48.7 Å². The number of fused-ring (bicyclic) bond motifs is 1. The Bertz CT molecular complexity index is 1610. The second-order valence-corrected chi connectivity index (χ2v) is 10.3. The number of halogens is 9. The maximum Gasteiger partial charge on any atom is 0.416 e. The van der Waals surface area contributed by atoms with E-state index in [9.17, 15) is 22.0 Å². The van der Waals surface area contributed by atoms with Crippen molar-refractivity contribution in [2.75, 3.05) is 0 Å². The minimum Gasteiger partial charge on any atom is -0.332 e. The van der Waals surface area contributed by atoms with Crippen molar-refractivity contribution in [3.05, 3.63) is 75.9 Å². The average Bonchev–Trinajstić information content (AvgIpc) is 3.36.